The summed E-state index contributed by atoms with van der Waals surface area (Å²) in [6.45, 7) is 3.93. The van der Waals surface area contributed by atoms with Crippen LogP contribution in [0.25, 0.3) is 0 Å². The third-order valence-electron chi connectivity index (χ3n) is 5.13. The molecular formula is C21H26F2N4O3. The number of aromatic nitrogens is 2. The van der Waals surface area contributed by atoms with Gasteiger partial charge in [0.2, 0.25) is 11.8 Å². The van der Waals surface area contributed by atoms with Crippen molar-refractivity contribution < 1.29 is 23.1 Å². The molecule has 0 spiro atoms. The van der Waals surface area contributed by atoms with Crippen LogP contribution in [-0.4, -0.2) is 46.2 Å². The first-order valence-electron chi connectivity index (χ1n) is 10.1. The molecule has 0 atom stereocenters. The smallest absolute Gasteiger partial charge is 0.227 e. The number of amides is 2. The predicted octanol–water partition coefficient (Wildman–Crippen LogP) is 3.22. The third-order valence-corrected chi connectivity index (χ3v) is 5.13. The number of benzene rings is 1. The molecular weight excluding hydrogens is 394 g/mol. The number of hydrogen-bond donors (Lipinski definition) is 1. The molecule has 7 nitrogen and oxygen atoms in total. The van der Waals surface area contributed by atoms with Crippen molar-refractivity contribution in [3.63, 3.8) is 0 Å². The summed E-state index contributed by atoms with van der Waals surface area (Å²) >= 11 is 0. The van der Waals surface area contributed by atoms with Gasteiger partial charge in [-0.2, -0.15) is 5.10 Å². The number of hydrogen-bond acceptors (Lipinski definition) is 4. The first-order valence-corrected chi connectivity index (χ1v) is 10.1. The van der Waals surface area contributed by atoms with E-state index in [9.17, 15) is 18.4 Å². The van der Waals surface area contributed by atoms with E-state index in [1.165, 1.54) is 6.07 Å². The number of ether oxygens (including phenoxy) is 1. The Kier molecular flexibility index (Phi) is 7.37. The van der Waals surface area contributed by atoms with Gasteiger partial charge in [-0.25, -0.2) is 8.78 Å². The van der Waals surface area contributed by atoms with Gasteiger partial charge in [-0.15, -0.1) is 0 Å². The van der Waals surface area contributed by atoms with Gasteiger partial charge in [-0.1, -0.05) is 0 Å². The van der Waals surface area contributed by atoms with Crippen LogP contribution >= 0.6 is 0 Å². The summed E-state index contributed by atoms with van der Waals surface area (Å²) in [7, 11) is 0. The number of nitrogens with one attached hydrogen (secondary N) is 1. The maximum atomic E-state index is 13.5. The van der Waals surface area contributed by atoms with Crippen molar-refractivity contribution >= 4 is 17.5 Å². The van der Waals surface area contributed by atoms with E-state index in [0.29, 0.717) is 38.0 Å². The van der Waals surface area contributed by atoms with Crippen molar-refractivity contribution in [2.75, 3.05) is 25.0 Å². The van der Waals surface area contributed by atoms with E-state index in [1.807, 2.05) is 6.92 Å². The Morgan fingerprint density at radius 1 is 1.27 bits per heavy atom. The summed E-state index contributed by atoms with van der Waals surface area (Å²) in [4.78, 5) is 26.5. The average molecular weight is 420 g/mol. The maximum Gasteiger partial charge on any atom is 0.227 e. The molecule has 0 radical (unpaired) electrons. The van der Waals surface area contributed by atoms with Gasteiger partial charge in [0.25, 0.3) is 0 Å². The van der Waals surface area contributed by atoms with Gasteiger partial charge in [0, 0.05) is 44.2 Å². The predicted molar refractivity (Wildman–Crippen MR) is 107 cm³/mol. The molecule has 1 aliphatic heterocycles. The van der Waals surface area contributed by atoms with Crippen LogP contribution in [0, 0.1) is 17.6 Å². The quantitative estimate of drug-likeness (QED) is 0.666. The Balaban J connectivity index is 1.35. The zero-order valence-corrected chi connectivity index (χ0v) is 16.9. The zero-order chi connectivity index (χ0) is 21.5. The highest BCUT2D eigenvalue weighted by Gasteiger charge is 2.27. The van der Waals surface area contributed by atoms with E-state index in [-0.39, 0.29) is 36.5 Å². The normalized spacial score (nSPS) is 14.6. The van der Waals surface area contributed by atoms with E-state index in [0.717, 1.165) is 18.7 Å². The lowest BCUT2D eigenvalue weighted by Gasteiger charge is -2.31. The molecule has 2 heterocycles. The largest absolute Gasteiger partial charge is 0.491 e. The van der Waals surface area contributed by atoms with Crippen LogP contribution in [0.2, 0.25) is 0 Å². The molecule has 0 bridgehead atoms. The Morgan fingerprint density at radius 3 is 2.70 bits per heavy atom. The molecule has 1 aliphatic rings. The number of rotatable bonds is 8. The summed E-state index contributed by atoms with van der Waals surface area (Å²) in [5, 5.41) is 7.01. The highest BCUT2D eigenvalue weighted by Crippen LogP contribution is 2.21. The average Bonchev–Trinajstić information content (AvgIpc) is 3.20. The SMILES string of the molecule is CCn1cc(NC(=O)C2CCN(C(=O)CCCOc3ccc(F)cc3F)CC2)cn1. The topological polar surface area (TPSA) is 76.5 Å². The Morgan fingerprint density at radius 2 is 2.03 bits per heavy atom. The van der Waals surface area contributed by atoms with E-state index in [1.54, 1.807) is 22.0 Å². The molecule has 9 heteroatoms. The van der Waals surface area contributed by atoms with Crippen molar-refractivity contribution in [2.45, 2.75) is 39.2 Å². The fraction of sp³-hybridized carbons (Fsp3) is 0.476. The second-order valence-corrected chi connectivity index (χ2v) is 7.26. The maximum absolute atomic E-state index is 13.5. The Labute approximate surface area is 174 Å². The minimum Gasteiger partial charge on any atom is -0.491 e. The second kappa shape index (κ2) is 10.2. The van der Waals surface area contributed by atoms with Crippen molar-refractivity contribution in [3.05, 3.63) is 42.2 Å². The van der Waals surface area contributed by atoms with Crippen LogP contribution in [0.3, 0.4) is 0 Å². The molecule has 0 saturated carbocycles. The lowest BCUT2D eigenvalue weighted by atomic mass is 9.95. The molecule has 1 aromatic carbocycles. The molecule has 1 aromatic heterocycles. The van der Waals surface area contributed by atoms with Crippen LogP contribution in [-0.2, 0) is 16.1 Å². The molecule has 0 aliphatic carbocycles. The standard InChI is InChI=1S/C21H26F2N4O3/c1-2-27-14-17(13-24-27)25-21(29)15-7-9-26(10-8-15)20(28)4-3-11-30-19-6-5-16(22)12-18(19)23/h5-6,12-15H,2-4,7-11H2,1H3,(H,25,29). The van der Waals surface area contributed by atoms with Crippen molar-refractivity contribution in [2.24, 2.45) is 5.92 Å². The number of halogens is 2. The molecule has 30 heavy (non-hydrogen) atoms. The van der Waals surface area contributed by atoms with Gasteiger partial charge in [0.05, 0.1) is 18.5 Å². The molecule has 2 aromatic rings. The van der Waals surface area contributed by atoms with Gasteiger partial charge in [-0.05, 0) is 38.3 Å². The summed E-state index contributed by atoms with van der Waals surface area (Å²) in [5.74, 6) is -1.65. The zero-order valence-electron chi connectivity index (χ0n) is 16.9. The molecule has 1 saturated heterocycles. The molecule has 2 amide bonds. The summed E-state index contributed by atoms with van der Waals surface area (Å²) in [6, 6.07) is 3.12. The monoisotopic (exact) mass is 420 g/mol. The second-order valence-electron chi connectivity index (χ2n) is 7.26. The van der Waals surface area contributed by atoms with Gasteiger partial charge in [0.15, 0.2) is 11.6 Å². The highest BCUT2D eigenvalue weighted by atomic mass is 19.1. The Hall–Kier alpha value is -2.97. The van der Waals surface area contributed by atoms with Crippen LogP contribution < -0.4 is 10.1 Å². The molecule has 162 valence electrons. The minimum atomic E-state index is -0.760. The molecule has 1 N–H and O–H groups in total. The van der Waals surface area contributed by atoms with Crippen molar-refractivity contribution in [1.82, 2.24) is 14.7 Å². The number of piperidine rings is 1. The Bertz CT molecular complexity index is 879. The van der Waals surface area contributed by atoms with Crippen LogP contribution in [0.1, 0.15) is 32.6 Å². The van der Waals surface area contributed by atoms with Gasteiger partial charge in [0.1, 0.15) is 5.82 Å². The van der Waals surface area contributed by atoms with Crippen molar-refractivity contribution in [3.8, 4) is 5.75 Å². The first-order chi connectivity index (χ1) is 14.5. The van der Waals surface area contributed by atoms with Gasteiger partial charge >= 0.3 is 0 Å². The molecule has 3 rings (SSSR count). The summed E-state index contributed by atoms with van der Waals surface area (Å²) in [5.41, 5.74) is 0.679. The van der Waals surface area contributed by atoms with E-state index in [4.69, 9.17) is 4.74 Å². The molecule has 1 fully saturated rings. The third kappa shape index (κ3) is 5.77. The van der Waals surface area contributed by atoms with E-state index in [2.05, 4.69) is 10.4 Å². The minimum absolute atomic E-state index is 0.0127. The first kappa shape index (κ1) is 21.7. The fourth-order valence-electron chi connectivity index (χ4n) is 3.39. The van der Waals surface area contributed by atoms with Crippen LogP contribution in [0.15, 0.2) is 30.6 Å². The number of carbonyl (C=O) groups is 2. The number of aryl methyl sites for hydroxylation is 1. The number of nitrogens with zero attached hydrogens (tertiary/aromatic N) is 3. The lowest BCUT2D eigenvalue weighted by molar-refractivity contribution is -0.134. The number of likely N-dealkylation sites (tertiary alicyclic amines) is 1. The van der Waals surface area contributed by atoms with Gasteiger partial charge in [-0.3, -0.25) is 14.3 Å². The number of carbonyl (C=O) groups excluding carboxylic acids is 2. The summed E-state index contributed by atoms with van der Waals surface area (Å²) < 4.78 is 33.4. The van der Waals surface area contributed by atoms with Gasteiger partial charge < -0.3 is 15.0 Å². The van der Waals surface area contributed by atoms with Crippen LogP contribution in [0.5, 0.6) is 5.75 Å². The summed E-state index contributed by atoms with van der Waals surface area (Å²) in [6.07, 6.45) is 5.33. The number of anilines is 1. The lowest BCUT2D eigenvalue weighted by Crippen LogP contribution is -2.41. The van der Waals surface area contributed by atoms with E-state index >= 15 is 0 Å². The fourth-order valence-corrected chi connectivity index (χ4v) is 3.39. The van der Waals surface area contributed by atoms with Crippen molar-refractivity contribution in [1.29, 1.82) is 0 Å². The van der Waals surface area contributed by atoms with E-state index < -0.39 is 11.6 Å². The molecule has 0 unspecified atom stereocenters. The highest BCUT2D eigenvalue weighted by molar-refractivity contribution is 5.92. The van der Waals surface area contributed by atoms with Crippen LogP contribution in [0.4, 0.5) is 14.5 Å².